The minimum Gasteiger partial charge on any atom is -0.330 e. The molecule has 1 aromatic carbocycles. The molecule has 0 saturated carbocycles. The first-order valence-electron chi connectivity index (χ1n) is 5.53. The largest absolute Gasteiger partial charge is 0.330 e. The minimum absolute atomic E-state index is 0.216. The molecule has 90 valence electrons. The number of nitrogens with two attached hydrogens (primary N) is 1. The SMILES string of the molecule is CC(NCCCCN)c1ccc(F)cc1Br. The fraction of sp³-hybridized carbons (Fsp3) is 0.500. The van der Waals surface area contributed by atoms with Crippen molar-refractivity contribution < 1.29 is 4.39 Å². The molecule has 0 fully saturated rings. The lowest BCUT2D eigenvalue weighted by atomic mass is 10.1. The van der Waals surface area contributed by atoms with Crippen LogP contribution in [-0.4, -0.2) is 13.1 Å². The van der Waals surface area contributed by atoms with Crippen molar-refractivity contribution in [2.45, 2.75) is 25.8 Å². The van der Waals surface area contributed by atoms with Gasteiger partial charge in [0.2, 0.25) is 0 Å². The summed E-state index contributed by atoms with van der Waals surface area (Å²) < 4.78 is 13.7. The van der Waals surface area contributed by atoms with E-state index in [4.69, 9.17) is 5.73 Å². The zero-order valence-electron chi connectivity index (χ0n) is 9.47. The maximum Gasteiger partial charge on any atom is 0.124 e. The smallest absolute Gasteiger partial charge is 0.124 e. The standard InChI is InChI=1S/C12H18BrFN2/c1-9(16-7-3-2-6-15)11-5-4-10(14)8-12(11)13/h4-5,8-9,16H,2-3,6-7,15H2,1H3. The van der Waals surface area contributed by atoms with Crippen molar-refractivity contribution in [2.75, 3.05) is 13.1 Å². The Morgan fingerprint density at radius 2 is 2.19 bits per heavy atom. The Kier molecular flexibility index (Phi) is 5.95. The Morgan fingerprint density at radius 1 is 1.44 bits per heavy atom. The molecule has 0 aliphatic carbocycles. The quantitative estimate of drug-likeness (QED) is 0.790. The molecule has 0 bridgehead atoms. The van der Waals surface area contributed by atoms with E-state index in [0.29, 0.717) is 0 Å². The number of hydrogen-bond acceptors (Lipinski definition) is 2. The summed E-state index contributed by atoms with van der Waals surface area (Å²) in [6.45, 7) is 3.74. The van der Waals surface area contributed by atoms with E-state index in [9.17, 15) is 4.39 Å². The van der Waals surface area contributed by atoms with Crippen LogP contribution >= 0.6 is 15.9 Å². The summed E-state index contributed by atoms with van der Waals surface area (Å²) in [6.07, 6.45) is 2.10. The first-order chi connectivity index (χ1) is 7.65. The van der Waals surface area contributed by atoms with Crippen LogP contribution in [-0.2, 0) is 0 Å². The normalized spacial score (nSPS) is 12.8. The predicted molar refractivity (Wildman–Crippen MR) is 68.8 cm³/mol. The second kappa shape index (κ2) is 6.99. The van der Waals surface area contributed by atoms with E-state index in [1.165, 1.54) is 12.1 Å². The van der Waals surface area contributed by atoms with Crippen molar-refractivity contribution >= 4 is 15.9 Å². The number of hydrogen-bond donors (Lipinski definition) is 2. The minimum atomic E-state index is -0.217. The van der Waals surface area contributed by atoms with Crippen LogP contribution in [0.25, 0.3) is 0 Å². The summed E-state index contributed by atoms with van der Waals surface area (Å²) in [5.74, 6) is -0.217. The summed E-state index contributed by atoms with van der Waals surface area (Å²) in [4.78, 5) is 0. The molecule has 1 rings (SSSR count). The Balaban J connectivity index is 2.49. The topological polar surface area (TPSA) is 38.0 Å². The van der Waals surface area contributed by atoms with Gasteiger partial charge < -0.3 is 11.1 Å². The number of halogens is 2. The van der Waals surface area contributed by atoms with Crippen molar-refractivity contribution in [2.24, 2.45) is 5.73 Å². The lowest BCUT2D eigenvalue weighted by Gasteiger charge is -2.15. The highest BCUT2D eigenvalue weighted by molar-refractivity contribution is 9.10. The Hall–Kier alpha value is -0.450. The van der Waals surface area contributed by atoms with E-state index in [0.717, 1.165) is 36.0 Å². The number of nitrogens with one attached hydrogen (secondary N) is 1. The van der Waals surface area contributed by atoms with Crippen LogP contribution in [0.2, 0.25) is 0 Å². The summed E-state index contributed by atoms with van der Waals surface area (Å²) >= 11 is 3.37. The van der Waals surface area contributed by atoms with Gasteiger partial charge in [-0.3, -0.25) is 0 Å². The van der Waals surface area contributed by atoms with E-state index in [1.807, 2.05) is 0 Å². The second-order valence-corrected chi connectivity index (χ2v) is 4.69. The fourth-order valence-electron chi connectivity index (χ4n) is 1.55. The van der Waals surface area contributed by atoms with Crippen molar-refractivity contribution in [1.29, 1.82) is 0 Å². The Morgan fingerprint density at radius 3 is 2.81 bits per heavy atom. The zero-order chi connectivity index (χ0) is 12.0. The maximum atomic E-state index is 12.9. The third kappa shape index (κ3) is 4.20. The summed E-state index contributed by atoms with van der Waals surface area (Å²) in [7, 11) is 0. The van der Waals surface area contributed by atoms with Gasteiger partial charge in [0.05, 0.1) is 0 Å². The van der Waals surface area contributed by atoms with Crippen LogP contribution in [0.1, 0.15) is 31.4 Å². The van der Waals surface area contributed by atoms with Crippen molar-refractivity contribution in [3.05, 3.63) is 34.1 Å². The highest BCUT2D eigenvalue weighted by Gasteiger charge is 2.08. The molecule has 0 spiro atoms. The highest BCUT2D eigenvalue weighted by atomic mass is 79.9. The molecule has 4 heteroatoms. The average molecular weight is 289 g/mol. The molecule has 16 heavy (non-hydrogen) atoms. The van der Waals surface area contributed by atoms with Crippen LogP contribution in [0, 0.1) is 5.82 Å². The molecule has 1 atom stereocenters. The predicted octanol–water partition coefficient (Wildman–Crippen LogP) is 2.98. The second-order valence-electron chi connectivity index (χ2n) is 3.84. The van der Waals surface area contributed by atoms with Crippen molar-refractivity contribution in [3.63, 3.8) is 0 Å². The van der Waals surface area contributed by atoms with E-state index < -0.39 is 0 Å². The van der Waals surface area contributed by atoms with Gasteiger partial charge in [-0.1, -0.05) is 22.0 Å². The zero-order valence-corrected chi connectivity index (χ0v) is 11.1. The molecular weight excluding hydrogens is 271 g/mol. The van der Waals surface area contributed by atoms with Crippen LogP contribution in [0.3, 0.4) is 0 Å². The average Bonchev–Trinajstić information content (AvgIpc) is 2.24. The van der Waals surface area contributed by atoms with Gasteiger partial charge >= 0.3 is 0 Å². The Bertz CT molecular complexity index is 331. The number of unbranched alkanes of at least 4 members (excludes halogenated alkanes) is 1. The van der Waals surface area contributed by atoms with E-state index in [2.05, 4.69) is 28.2 Å². The van der Waals surface area contributed by atoms with Crippen molar-refractivity contribution in [1.82, 2.24) is 5.32 Å². The molecule has 0 saturated heterocycles. The van der Waals surface area contributed by atoms with Crippen LogP contribution < -0.4 is 11.1 Å². The molecule has 0 amide bonds. The van der Waals surface area contributed by atoms with Crippen molar-refractivity contribution in [3.8, 4) is 0 Å². The van der Waals surface area contributed by atoms with Gasteiger partial charge in [0.1, 0.15) is 5.82 Å². The lowest BCUT2D eigenvalue weighted by molar-refractivity contribution is 0.545. The van der Waals surface area contributed by atoms with Crippen LogP contribution in [0.15, 0.2) is 22.7 Å². The van der Waals surface area contributed by atoms with Gasteiger partial charge in [0.25, 0.3) is 0 Å². The van der Waals surface area contributed by atoms with Crippen LogP contribution in [0.5, 0.6) is 0 Å². The third-order valence-electron chi connectivity index (χ3n) is 2.51. The fourth-order valence-corrected chi connectivity index (χ4v) is 2.24. The van der Waals surface area contributed by atoms with Gasteiger partial charge in [0.15, 0.2) is 0 Å². The molecule has 1 aromatic rings. The van der Waals surface area contributed by atoms with Gasteiger partial charge in [0, 0.05) is 10.5 Å². The van der Waals surface area contributed by atoms with E-state index in [-0.39, 0.29) is 11.9 Å². The number of benzene rings is 1. The summed E-state index contributed by atoms with van der Waals surface area (Å²) in [5.41, 5.74) is 6.50. The molecule has 0 radical (unpaired) electrons. The molecular formula is C12H18BrFN2. The molecule has 0 aromatic heterocycles. The van der Waals surface area contributed by atoms with E-state index >= 15 is 0 Å². The monoisotopic (exact) mass is 288 g/mol. The third-order valence-corrected chi connectivity index (χ3v) is 3.20. The first kappa shape index (κ1) is 13.6. The summed E-state index contributed by atoms with van der Waals surface area (Å²) in [6, 6.07) is 5.00. The highest BCUT2D eigenvalue weighted by Crippen LogP contribution is 2.23. The first-order valence-corrected chi connectivity index (χ1v) is 6.33. The van der Waals surface area contributed by atoms with Crippen LogP contribution in [0.4, 0.5) is 4.39 Å². The maximum absolute atomic E-state index is 12.9. The molecule has 0 heterocycles. The van der Waals surface area contributed by atoms with Gasteiger partial charge in [-0.25, -0.2) is 4.39 Å². The van der Waals surface area contributed by atoms with Gasteiger partial charge in [-0.15, -0.1) is 0 Å². The molecule has 3 N–H and O–H groups in total. The van der Waals surface area contributed by atoms with E-state index in [1.54, 1.807) is 6.07 Å². The lowest BCUT2D eigenvalue weighted by Crippen LogP contribution is -2.20. The van der Waals surface area contributed by atoms with Gasteiger partial charge in [-0.2, -0.15) is 0 Å². The molecule has 1 unspecified atom stereocenters. The number of rotatable bonds is 6. The molecule has 0 aliphatic heterocycles. The molecule has 0 aliphatic rings. The molecule has 2 nitrogen and oxygen atoms in total. The summed E-state index contributed by atoms with van der Waals surface area (Å²) in [5, 5.41) is 3.39. The van der Waals surface area contributed by atoms with Gasteiger partial charge in [-0.05, 0) is 50.6 Å². The Labute approximate surface area is 105 Å².